The van der Waals surface area contributed by atoms with Gasteiger partial charge in [0.05, 0.1) is 29.6 Å². The predicted octanol–water partition coefficient (Wildman–Crippen LogP) is 2.28. The van der Waals surface area contributed by atoms with Crippen LogP contribution in [0.2, 0.25) is 0 Å². The van der Waals surface area contributed by atoms with E-state index < -0.39 is 0 Å². The number of aliphatic hydroxyl groups is 1. The van der Waals surface area contributed by atoms with Crippen molar-refractivity contribution in [1.29, 1.82) is 0 Å². The van der Waals surface area contributed by atoms with Gasteiger partial charge in [0, 0.05) is 29.9 Å². The summed E-state index contributed by atoms with van der Waals surface area (Å²) in [6, 6.07) is 14.3. The summed E-state index contributed by atoms with van der Waals surface area (Å²) in [5, 5.41) is 16.0. The van der Waals surface area contributed by atoms with E-state index in [0.29, 0.717) is 22.5 Å². The number of aliphatic hydroxyl groups excluding tert-OH is 1. The van der Waals surface area contributed by atoms with E-state index in [0.717, 1.165) is 5.56 Å². The Bertz CT molecular complexity index is 1030. The van der Waals surface area contributed by atoms with Crippen LogP contribution in [0.25, 0.3) is 22.5 Å². The first-order valence-electron chi connectivity index (χ1n) is 9.06. The Morgan fingerprint density at radius 3 is 2.61 bits per heavy atom. The molecule has 1 amide bonds. The van der Waals surface area contributed by atoms with E-state index >= 15 is 0 Å². The SMILES string of the molecule is CC(C)n1nc(-c2cc(C(=O)NCCO)cnc2-c2ccccc2)ccc1=O. The van der Waals surface area contributed by atoms with E-state index in [2.05, 4.69) is 15.4 Å². The monoisotopic (exact) mass is 378 g/mol. The number of carbonyl (C=O) groups is 1. The van der Waals surface area contributed by atoms with Gasteiger partial charge in [-0.25, -0.2) is 4.68 Å². The van der Waals surface area contributed by atoms with Crippen LogP contribution in [-0.4, -0.2) is 38.9 Å². The standard InChI is InChI=1S/C21H22N4O3/c1-14(2)25-19(27)9-8-18(24-25)17-12-16(21(28)22-10-11-26)13-23-20(17)15-6-4-3-5-7-15/h3-9,12-14,26H,10-11H2,1-2H3,(H,22,28). The van der Waals surface area contributed by atoms with Gasteiger partial charge in [-0.1, -0.05) is 30.3 Å². The fraction of sp³-hybridized carbons (Fsp3) is 0.238. The molecule has 3 rings (SSSR count). The van der Waals surface area contributed by atoms with Gasteiger partial charge in [-0.3, -0.25) is 14.6 Å². The summed E-state index contributed by atoms with van der Waals surface area (Å²) in [4.78, 5) is 28.9. The molecule has 0 fully saturated rings. The van der Waals surface area contributed by atoms with Crippen molar-refractivity contribution < 1.29 is 9.90 Å². The third-order valence-electron chi connectivity index (χ3n) is 4.18. The molecule has 0 aliphatic rings. The molecule has 0 atom stereocenters. The van der Waals surface area contributed by atoms with Crippen LogP contribution in [-0.2, 0) is 0 Å². The fourth-order valence-corrected chi connectivity index (χ4v) is 2.82. The third kappa shape index (κ3) is 4.15. The van der Waals surface area contributed by atoms with Crippen LogP contribution in [0.1, 0.15) is 30.2 Å². The topological polar surface area (TPSA) is 97.1 Å². The van der Waals surface area contributed by atoms with Gasteiger partial charge in [0.25, 0.3) is 11.5 Å². The van der Waals surface area contributed by atoms with Crippen molar-refractivity contribution in [3.63, 3.8) is 0 Å². The average Bonchev–Trinajstić information content (AvgIpc) is 2.72. The zero-order chi connectivity index (χ0) is 20.1. The average molecular weight is 378 g/mol. The summed E-state index contributed by atoms with van der Waals surface area (Å²) in [5.41, 5.74) is 2.91. The van der Waals surface area contributed by atoms with Crippen molar-refractivity contribution in [2.45, 2.75) is 19.9 Å². The lowest BCUT2D eigenvalue weighted by Crippen LogP contribution is -2.26. The minimum absolute atomic E-state index is 0.100. The number of benzene rings is 1. The van der Waals surface area contributed by atoms with Gasteiger partial charge in [-0.15, -0.1) is 0 Å². The summed E-state index contributed by atoms with van der Waals surface area (Å²) in [6.07, 6.45) is 1.50. The van der Waals surface area contributed by atoms with Gasteiger partial charge in [-0.05, 0) is 26.0 Å². The number of hydrogen-bond acceptors (Lipinski definition) is 5. The van der Waals surface area contributed by atoms with Gasteiger partial charge < -0.3 is 10.4 Å². The van der Waals surface area contributed by atoms with Gasteiger partial charge in [-0.2, -0.15) is 5.10 Å². The second kappa shape index (κ2) is 8.58. The Morgan fingerprint density at radius 2 is 1.93 bits per heavy atom. The van der Waals surface area contributed by atoms with E-state index in [9.17, 15) is 9.59 Å². The Kier molecular flexibility index (Phi) is 5.96. The molecule has 2 N–H and O–H groups in total. The Hall–Kier alpha value is -3.32. The van der Waals surface area contributed by atoms with E-state index in [1.54, 1.807) is 12.1 Å². The summed E-state index contributed by atoms with van der Waals surface area (Å²) in [7, 11) is 0. The summed E-state index contributed by atoms with van der Waals surface area (Å²) < 4.78 is 1.41. The number of nitrogens with one attached hydrogen (secondary N) is 1. The van der Waals surface area contributed by atoms with Crippen molar-refractivity contribution in [1.82, 2.24) is 20.1 Å². The first kappa shape index (κ1) is 19.4. The maximum atomic E-state index is 12.3. The first-order valence-corrected chi connectivity index (χ1v) is 9.06. The van der Waals surface area contributed by atoms with Crippen molar-refractivity contribution >= 4 is 5.91 Å². The van der Waals surface area contributed by atoms with Crippen LogP contribution in [0.15, 0.2) is 59.5 Å². The van der Waals surface area contributed by atoms with Crippen LogP contribution in [0.4, 0.5) is 0 Å². The Morgan fingerprint density at radius 1 is 1.18 bits per heavy atom. The van der Waals surface area contributed by atoms with Crippen LogP contribution < -0.4 is 10.9 Å². The first-order chi connectivity index (χ1) is 13.5. The lowest BCUT2D eigenvalue weighted by molar-refractivity contribution is 0.0944. The lowest BCUT2D eigenvalue weighted by Gasteiger charge is -2.14. The normalized spacial score (nSPS) is 10.9. The molecule has 28 heavy (non-hydrogen) atoms. The van der Waals surface area contributed by atoms with E-state index in [1.807, 2.05) is 44.2 Å². The molecule has 0 aliphatic carbocycles. The molecule has 0 bridgehead atoms. The number of carbonyl (C=O) groups excluding carboxylic acids is 1. The van der Waals surface area contributed by atoms with Crippen molar-refractivity contribution in [2.24, 2.45) is 0 Å². The number of nitrogens with zero attached hydrogens (tertiary/aromatic N) is 3. The quantitative estimate of drug-likeness (QED) is 0.686. The summed E-state index contributed by atoms with van der Waals surface area (Å²) in [5.74, 6) is -0.334. The van der Waals surface area contributed by atoms with Gasteiger partial charge in [0.15, 0.2) is 0 Å². The summed E-state index contributed by atoms with van der Waals surface area (Å²) >= 11 is 0. The number of hydrogen-bond donors (Lipinski definition) is 2. The molecule has 7 heteroatoms. The Balaban J connectivity index is 2.17. The van der Waals surface area contributed by atoms with E-state index in [1.165, 1.54) is 16.9 Å². The largest absolute Gasteiger partial charge is 0.395 e. The Labute approximate surface area is 162 Å². The third-order valence-corrected chi connectivity index (χ3v) is 4.18. The molecule has 3 aromatic rings. The highest BCUT2D eigenvalue weighted by atomic mass is 16.3. The second-order valence-electron chi connectivity index (χ2n) is 6.56. The molecule has 0 unspecified atom stereocenters. The maximum absolute atomic E-state index is 12.3. The maximum Gasteiger partial charge on any atom is 0.267 e. The molecule has 2 aromatic heterocycles. The van der Waals surface area contributed by atoms with Crippen molar-refractivity contribution in [3.05, 3.63) is 70.6 Å². The molecule has 2 heterocycles. The molecular formula is C21H22N4O3. The number of pyridine rings is 1. The van der Waals surface area contributed by atoms with E-state index in [-0.39, 0.29) is 30.7 Å². The zero-order valence-electron chi connectivity index (χ0n) is 15.8. The van der Waals surface area contributed by atoms with E-state index in [4.69, 9.17) is 5.11 Å². The minimum Gasteiger partial charge on any atom is -0.395 e. The van der Waals surface area contributed by atoms with Crippen LogP contribution >= 0.6 is 0 Å². The molecule has 0 saturated carbocycles. The van der Waals surface area contributed by atoms with Gasteiger partial charge in [0.2, 0.25) is 0 Å². The van der Waals surface area contributed by atoms with Gasteiger partial charge in [0.1, 0.15) is 0 Å². The molecule has 144 valence electrons. The smallest absolute Gasteiger partial charge is 0.267 e. The van der Waals surface area contributed by atoms with Crippen LogP contribution in [0, 0.1) is 0 Å². The predicted molar refractivity (Wildman–Crippen MR) is 107 cm³/mol. The lowest BCUT2D eigenvalue weighted by atomic mass is 10.0. The molecule has 1 aromatic carbocycles. The highest BCUT2D eigenvalue weighted by Crippen LogP contribution is 2.29. The van der Waals surface area contributed by atoms with Crippen molar-refractivity contribution in [2.75, 3.05) is 13.2 Å². The number of rotatable bonds is 6. The molecule has 0 aliphatic heterocycles. The van der Waals surface area contributed by atoms with Crippen LogP contribution in [0.5, 0.6) is 0 Å². The minimum atomic E-state index is -0.334. The molecule has 7 nitrogen and oxygen atoms in total. The highest BCUT2D eigenvalue weighted by molar-refractivity contribution is 5.96. The number of amides is 1. The zero-order valence-corrected chi connectivity index (χ0v) is 15.8. The number of aromatic nitrogens is 3. The molecule has 0 spiro atoms. The highest BCUT2D eigenvalue weighted by Gasteiger charge is 2.16. The molecular weight excluding hydrogens is 356 g/mol. The molecule has 0 saturated heterocycles. The second-order valence-corrected chi connectivity index (χ2v) is 6.56. The molecule has 0 radical (unpaired) electrons. The fourth-order valence-electron chi connectivity index (χ4n) is 2.82. The van der Waals surface area contributed by atoms with Crippen molar-refractivity contribution in [3.8, 4) is 22.5 Å². The summed E-state index contributed by atoms with van der Waals surface area (Å²) in [6.45, 7) is 3.78. The van der Waals surface area contributed by atoms with Gasteiger partial charge >= 0.3 is 0 Å². The van der Waals surface area contributed by atoms with Crippen LogP contribution in [0.3, 0.4) is 0 Å².